The van der Waals surface area contributed by atoms with E-state index >= 15 is 0 Å². The Balaban J connectivity index is 1.99. The molecule has 1 amide bonds. The monoisotopic (exact) mass is 482 g/mol. The molecule has 2 aromatic carbocycles. The van der Waals surface area contributed by atoms with Crippen LogP contribution in [0.4, 0.5) is 8.78 Å². The van der Waals surface area contributed by atoms with Gasteiger partial charge in [0.2, 0.25) is 17.1 Å². The fourth-order valence-corrected chi connectivity index (χ4v) is 3.26. The van der Waals surface area contributed by atoms with Gasteiger partial charge in [-0.2, -0.15) is 0 Å². The molecule has 0 fully saturated rings. The molecule has 1 N–H and O–H groups in total. The van der Waals surface area contributed by atoms with Crippen molar-refractivity contribution in [2.75, 3.05) is 0 Å². The summed E-state index contributed by atoms with van der Waals surface area (Å²) in [7, 11) is 0. The third-order valence-corrected chi connectivity index (χ3v) is 5.16. The van der Waals surface area contributed by atoms with Gasteiger partial charge in [-0.3, -0.25) is 14.4 Å². The highest BCUT2D eigenvalue weighted by atomic mass is 19.1. The zero-order chi connectivity index (χ0) is 25.4. The highest BCUT2D eigenvalue weighted by Crippen LogP contribution is 2.26. The number of halogens is 2. The van der Waals surface area contributed by atoms with Gasteiger partial charge in [0.05, 0.1) is 0 Å². The van der Waals surface area contributed by atoms with Crippen molar-refractivity contribution in [3.63, 3.8) is 0 Å². The normalized spacial score (nSPS) is 11.4. The molecule has 0 saturated heterocycles. The standard InChI is InChI=1S/C26H24F2N2O5/c1-3-17(2)13-30-14-21(25(33)29-12-19-9-10-20(27)11-22(19)28)23(32)24(26(30)35-16-31)34-15-18-7-5-4-6-8-18/h3-11,14,16-17H,1,12-13,15H2,2H3,(H,29,33). The summed E-state index contributed by atoms with van der Waals surface area (Å²) in [5.41, 5.74) is -0.319. The SMILES string of the molecule is C=CC(C)Cn1cc(C(=O)NCc2ccc(F)cc2F)c(=O)c(OCc2ccccc2)c1OC=O. The Hall–Kier alpha value is -4.27. The van der Waals surface area contributed by atoms with Crippen molar-refractivity contribution in [2.45, 2.75) is 26.6 Å². The van der Waals surface area contributed by atoms with E-state index in [1.807, 2.05) is 13.0 Å². The van der Waals surface area contributed by atoms with Gasteiger partial charge < -0.3 is 19.4 Å². The molecular formula is C26H24F2N2O5. The van der Waals surface area contributed by atoms with Gasteiger partial charge in [0.15, 0.2) is 0 Å². The van der Waals surface area contributed by atoms with Gasteiger partial charge in [0.1, 0.15) is 23.8 Å². The van der Waals surface area contributed by atoms with Crippen molar-refractivity contribution in [3.8, 4) is 11.6 Å². The number of nitrogens with one attached hydrogen (secondary N) is 1. The highest BCUT2D eigenvalue weighted by Gasteiger charge is 2.23. The molecule has 0 radical (unpaired) electrons. The van der Waals surface area contributed by atoms with E-state index in [4.69, 9.17) is 9.47 Å². The van der Waals surface area contributed by atoms with Crippen molar-refractivity contribution in [1.82, 2.24) is 9.88 Å². The molecule has 182 valence electrons. The van der Waals surface area contributed by atoms with Crippen molar-refractivity contribution in [2.24, 2.45) is 5.92 Å². The summed E-state index contributed by atoms with van der Waals surface area (Å²) in [5.74, 6) is -2.97. The first-order valence-electron chi connectivity index (χ1n) is 10.7. The van der Waals surface area contributed by atoms with Crippen LogP contribution < -0.4 is 20.2 Å². The van der Waals surface area contributed by atoms with Crippen LogP contribution in [0.25, 0.3) is 0 Å². The Bertz CT molecular complexity index is 1270. The van der Waals surface area contributed by atoms with Gasteiger partial charge in [-0.15, -0.1) is 6.58 Å². The zero-order valence-corrected chi connectivity index (χ0v) is 19.0. The minimum atomic E-state index is -0.830. The van der Waals surface area contributed by atoms with Gasteiger partial charge in [0, 0.05) is 30.9 Å². The van der Waals surface area contributed by atoms with E-state index in [1.165, 1.54) is 16.8 Å². The summed E-state index contributed by atoms with van der Waals surface area (Å²) >= 11 is 0. The summed E-state index contributed by atoms with van der Waals surface area (Å²) < 4.78 is 39.3. The predicted molar refractivity (Wildman–Crippen MR) is 125 cm³/mol. The van der Waals surface area contributed by atoms with Crippen LogP contribution in [-0.4, -0.2) is 16.9 Å². The number of allylic oxidation sites excluding steroid dienone is 1. The molecule has 9 heteroatoms. The average molecular weight is 482 g/mol. The molecule has 0 aliphatic carbocycles. The quantitative estimate of drug-likeness (QED) is 0.330. The van der Waals surface area contributed by atoms with E-state index < -0.39 is 23.0 Å². The highest BCUT2D eigenvalue weighted by molar-refractivity contribution is 5.94. The Kier molecular flexibility index (Phi) is 8.50. The molecule has 3 rings (SSSR count). The number of benzene rings is 2. The molecule has 1 aromatic heterocycles. The number of rotatable bonds is 11. The third kappa shape index (κ3) is 6.41. The number of aromatic nitrogens is 1. The number of amides is 1. The maximum Gasteiger partial charge on any atom is 0.299 e. The van der Waals surface area contributed by atoms with Gasteiger partial charge in [-0.1, -0.05) is 49.4 Å². The van der Waals surface area contributed by atoms with Crippen molar-refractivity contribution >= 4 is 12.4 Å². The first-order chi connectivity index (χ1) is 16.8. The fourth-order valence-electron chi connectivity index (χ4n) is 3.26. The van der Waals surface area contributed by atoms with Crippen LogP contribution in [-0.2, 0) is 24.5 Å². The van der Waals surface area contributed by atoms with E-state index in [-0.39, 0.29) is 54.8 Å². The van der Waals surface area contributed by atoms with Crippen molar-refractivity contribution < 1.29 is 27.8 Å². The molecule has 0 aliphatic heterocycles. The Morgan fingerprint density at radius 1 is 1.20 bits per heavy atom. The topological polar surface area (TPSA) is 86.6 Å². The molecule has 7 nitrogen and oxygen atoms in total. The van der Waals surface area contributed by atoms with E-state index in [0.29, 0.717) is 6.07 Å². The third-order valence-electron chi connectivity index (χ3n) is 5.16. The van der Waals surface area contributed by atoms with Crippen LogP contribution in [0.2, 0.25) is 0 Å². The number of hydrogen-bond donors (Lipinski definition) is 1. The number of nitrogens with zero attached hydrogens (tertiary/aromatic N) is 1. The molecule has 3 aromatic rings. The number of ether oxygens (including phenoxy) is 2. The van der Waals surface area contributed by atoms with Gasteiger partial charge >= 0.3 is 0 Å². The van der Waals surface area contributed by atoms with Gasteiger partial charge in [-0.05, 0) is 17.5 Å². The fraction of sp³-hybridized carbons (Fsp3) is 0.192. The molecule has 35 heavy (non-hydrogen) atoms. The molecule has 1 heterocycles. The summed E-state index contributed by atoms with van der Waals surface area (Å²) in [6, 6.07) is 11.9. The van der Waals surface area contributed by atoms with Gasteiger partial charge in [0.25, 0.3) is 12.4 Å². The number of carbonyl (C=O) groups excluding carboxylic acids is 2. The lowest BCUT2D eigenvalue weighted by Crippen LogP contribution is -2.31. The maximum atomic E-state index is 14.0. The molecule has 1 atom stereocenters. The Labute approximate surface area is 200 Å². The average Bonchev–Trinajstić information content (AvgIpc) is 2.85. The smallest absolute Gasteiger partial charge is 0.299 e. The lowest BCUT2D eigenvalue weighted by atomic mass is 10.1. The molecule has 0 aliphatic rings. The zero-order valence-electron chi connectivity index (χ0n) is 19.0. The molecule has 0 spiro atoms. The van der Waals surface area contributed by atoms with E-state index in [2.05, 4.69) is 11.9 Å². The van der Waals surface area contributed by atoms with Crippen molar-refractivity contribution in [1.29, 1.82) is 0 Å². The van der Waals surface area contributed by atoms with E-state index in [9.17, 15) is 23.2 Å². The van der Waals surface area contributed by atoms with Crippen LogP contribution >= 0.6 is 0 Å². The maximum absolute atomic E-state index is 14.0. The first kappa shape index (κ1) is 25.4. The minimum Gasteiger partial charge on any atom is -0.480 e. The predicted octanol–water partition coefficient (Wildman–Crippen LogP) is 3.99. The minimum absolute atomic E-state index is 0.0197. The molecular weight excluding hydrogens is 458 g/mol. The van der Waals surface area contributed by atoms with Crippen LogP contribution in [0.5, 0.6) is 11.6 Å². The lowest BCUT2D eigenvalue weighted by Gasteiger charge is -2.19. The summed E-state index contributed by atoms with van der Waals surface area (Å²) in [6.45, 7) is 5.66. The lowest BCUT2D eigenvalue weighted by molar-refractivity contribution is -0.121. The molecule has 0 bridgehead atoms. The van der Waals surface area contributed by atoms with E-state index in [1.54, 1.807) is 30.3 Å². The van der Waals surface area contributed by atoms with Crippen molar-refractivity contribution in [3.05, 3.63) is 106 Å². The summed E-state index contributed by atoms with van der Waals surface area (Å²) in [5, 5.41) is 2.46. The van der Waals surface area contributed by atoms with E-state index in [0.717, 1.165) is 11.6 Å². The second-order valence-corrected chi connectivity index (χ2v) is 7.78. The van der Waals surface area contributed by atoms with Crippen LogP contribution in [0.15, 0.2) is 72.2 Å². The first-order valence-corrected chi connectivity index (χ1v) is 10.7. The summed E-state index contributed by atoms with van der Waals surface area (Å²) in [4.78, 5) is 37.3. The van der Waals surface area contributed by atoms with Crippen LogP contribution in [0.1, 0.15) is 28.4 Å². The summed E-state index contributed by atoms with van der Waals surface area (Å²) in [6.07, 6.45) is 2.90. The van der Waals surface area contributed by atoms with Gasteiger partial charge in [-0.25, -0.2) is 8.78 Å². The second kappa shape index (κ2) is 11.7. The number of carbonyl (C=O) groups is 2. The Morgan fingerprint density at radius 3 is 2.60 bits per heavy atom. The Morgan fingerprint density at radius 2 is 1.94 bits per heavy atom. The largest absolute Gasteiger partial charge is 0.480 e. The number of pyridine rings is 1. The van der Waals surface area contributed by atoms with Crippen LogP contribution in [0.3, 0.4) is 0 Å². The molecule has 0 saturated carbocycles. The second-order valence-electron chi connectivity index (χ2n) is 7.78. The van der Waals surface area contributed by atoms with Crippen LogP contribution in [0, 0.1) is 17.6 Å². The number of hydrogen-bond acceptors (Lipinski definition) is 5. The molecule has 1 unspecified atom stereocenters.